The van der Waals surface area contributed by atoms with Gasteiger partial charge in [-0.2, -0.15) is 0 Å². The van der Waals surface area contributed by atoms with Crippen molar-refractivity contribution in [3.05, 3.63) is 18.2 Å². The second kappa shape index (κ2) is 6.06. The molecule has 2 fully saturated rings. The molecule has 1 N–H and O–H groups in total. The summed E-state index contributed by atoms with van der Waals surface area (Å²) < 4.78 is 2.27. The van der Waals surface area contributed by atoms with Gasteiger partial charge in [-0.25, -0.2) is 4.98 Å². The molecule has 3 rings (SSSR count). The maximum Gasteiger partial charge on any atom is 0.0948 e. The van der Waals surface area contributed by atoms with Crippen LogP contribution < -0.4 is 5.32 Å². The van der Waals surface area contributed by atoms with E-state index in [-0.39, 0.29) is 0 Å². The molecule has 106 valence electrons. The van der Waals surface area contributed by atoms with Gasteiger partial charge in [-0.1, -0.05) is 6.92 Å². The number of rotatable bonds is 6. The van der Waals surface area contributed by atoms with Crippen LogP contribution in [-0.2, 0) is 13.1 Å². The van der Waals surface area contributed by atoms with Crippen LogP contribution in [0, 0.1) is 0 Å². The van der Waals surface area contributed by atoms with Crippen molar-refractivity contribution in [2.75, 3.05) is 13.1 Å². The molecule has 0 atom stereocenters. The van der Waals surface area contributed by atoms with Crippen LogP contribution in [0.15, 0.2) is 12.5 Å². The Morgan fingerprint density at radius 2 is 2.05 bits per heavy atom. The Kier molecular flexibility index (Phi) is 4.18. The third-order valence-electron chi connectivity index (χ3n) is 4.43. The summed E-state index contributed by atoms with van der Waals surface area (Å²) in [6.07, 6.45) is 10.6. The monoisotopic (exact) mass is 262 g/mol. The van der Waals surface area contributed by atoms with Gasteiger partial charge in [0.2, 0.25) is 0 Å². The van der Waals surface area contributed by atoms with Gasteiger partial charge in [0.15, 0.2) is 0 Å². The molecular weight excluding hydrogens is 236 g/mol. The summed E-state index contributed by atoms with van der Waals surface area (Å²) >= 11 is 0. The first kappa shape index (κ1) is 13.1. The Morgan fingerprint density at radius 1 is 1.26 bits per heavy atom. The summed E-state index contributed by atoms with van der Waals surface area (Å²) in [6, 6.07) is 1.63. The van der Waals surface area contributed by atoms with Crippen LogP contribution in [0.3, 0.4) is 0 Å². The van der Waals surface area contributed by atoms with E-state index in [1.54, 1.807) is 0 Å². The van der Waals surface area contributed by atoms with Crippen molar-refractivity contribution in [3.8, 4) is 0 Å². The highest BCUT2D eigenvalue weighted by Gasteiger charge is 2.31. The molecule has 1 saturated heterocycles. The van der Waals surface area contributed by atoms with Crippen molar-refractivity contribution in [1.29, 1.82) is 0 Å². The smallest absolute Gasteiger partial charge is 0.0948 e. The van der Waals surface area contributed by atoms with E-state index in [4.69, 9.17) is 0 Å². The predicted molar refractivity (Wildman–Crippen MR) is 77.0 cm³/mol. The largest absolute Gasteiger partial charge is 0.333 e. The Hall–Kier alpha value is -0.870. The summed E-state index contributed by atoms with van der Waals surface area (Å²) in [4.78, 5) is 6.94. The standard InChI is InChI=1S/C15H26N4/c1-2-7-19-12-16-10-15(19)11-17-13-5-8-18(9-6-13)14-3-4-14/h10,12-14,17H,2-9,11H2,1H3. The van der Waals surface area contributed by atoms with Gasteiger partial charge in [0.1, 0.15) is 0 Å². The average Bonchev–Trinajstić information content (AvgIpc) is 3.19. The second-order valence-corrected chi connectivity index (χ2v) is 6.00. The molecular formula is C15H26N4. The molecule has 0 aromatic carbocycles. The molecule has 0 unspecified atom stereocenters. The Labute approximate surface area is 116 Å². The van der Waals surface area contributed by atoms with Crippen LogP contribution in [-0.4, -0.2) is 39.6 Å². The molecule has 1 aliphatic carbocycles. The lowest BCUT2D eigenvalue weighted by atomic mass is 10.0. The number of hydrogen-bond acceptors (Lipinski definition) is 3. The van der Waals surface area contributed by atoms with Gasteiger partial charge in [0, 0.05) is 31.4 Å². The number of imidazole rings is 1. The van der Waals surface area contributed by atoms with Gasteiger partial charge in [-0.15, -0.1) is 0 Å². The van der Waals surface area contributed by atoms with E-state index in [1.807, 2.05) is 12.5 Å². The highest BCUT2D eigenvalue weighted by Crippen LogP contribution is 2.29. The van der Waals surface area contributed by atoms with E-state index in [0.717, 1.165) is 19.1 Å². The fourth-order valence-electron chi connectivity index (χ4n) is 3.09. The van der Waals surface area contributed by atoms with Gasteiger partial charge in [-0.3, -0.25) is 0 Å². The minimum Gasteiger partial charge on any atom is -0.333 e. The molecule has 19 heavy (non-hydrogen) atoms. The molecule has 0 bridgehead atoms. The molecule has 1 aliphatic heterocycles. The summed E-state index contributed by atoms with van der Waals surface area (Å²) in [5.74, 6) is 0. The first-order chi connectivity index (χ1) is 9.36. The predicted octanol–water partition coefficient (Wildman–Crippen LogP) is 2.01. The van der Waals surface area contributed by atoms with Crippen molar-refractivity contribution in [3.63, 3.8) is 0 Å². The minimum atomic E-state index is 0.694. The fourth-order valence-corrected chi connectivity index (χ4v) is 3.09. The molecule has 0 spiro atoms. The third-order valence-corrected chi connectivity index (χ3v) is 4.43. The molecule has 2 aliphatic rings. The molecule has 0 amide bonds. The van der Waals surface area contributed by atoms with E-state index in [1.165, 1.54) is 50.9 Å². The zero-order valence-corrected chi connectivity index (χ0v) is 12.0. The zero-order valence-electron chi connectivity index (χ0n) is 12.0. The number of nitrogens with one attached hydrogen (secondary N) is 1. The quantitative estimate of drug-likeness (QED) is 0.851. The second-order valence-electron chi connectivity index (χ2n) is 6.00. The number of aryl methyl sites for hydroxylation is 1. The maximum atomic E-state index is 4.26. The highest BCUT2D eigenvalue weighted by molar-refractivity contribution is 4.99. The van der Waals surface area contributed by atoms with E-state index >= 15 is 0 Å². The first-order valence-corrected chi connectivity index (χ1v) is 7.83. The van der Waals surface area contributed by atoms with E-state index < -0.39 is 0 Å². The van der Waals surface area contributed by atoms with Gasteiger partial charge in [-0.05, 0) is 45.2 Å². The Balaban J connectivity index is 1.43. The van der Waals surface area contributed by atoms with Crippen LogP contribution in [0.25, 0.3) is 0 Å². The number of aromatic nitrogens is 2. The summed E-state index contributed by atoms with van der Waals surface area (Å²) in [5, 5.41) is 3.72. The molecule has 1 aromatic rings. The number of likely N-dealkylation sites (tertiary alicyclic amines) is 1. The van der Waals surface area contributed by atoms with Crippen molar-refractivity contribution in [2.24, 2.45) is 0 Å². The SMILES string of the molecule is CCCn1cncc1CNC1CCN(C2CC2)CC1. The first-order valence-electron chi connectivity index (χ1n) is 7.83. The van der Waals surface area contributed by atoms with Crippen LogP contribution in [0.2, 0.25) is 0 Å². The van der Waals surface area contributed by atoms with E-state index in [9.17, 15) is 0 Å². The fraction of sp³-hybridized carbons (Fsp3) is 0.800. The summed E-state index contributed by atoms with van der Waals surface area (Å²) in [6.45, 7) is 6.84. The van der Waals surface area contributed by atoms with Crippen molar-refractivity contribution in [1.82, 2.24) is 19.8 Å². The van der Waals surface area contributed by atoms with Gasteiger partial charge in [0.05, 0.1) is 12.0 Å². The van der Waals surface area contributed by atoms with Gasteiger partial charge < -0.3 is 14.8 Å². The lowest BCUT2D eigenvalue weighted by Gasteiger charge is -2.32. The molecule has 4 heteroatoms. The summed E-state index contributed by atoms with van der Waals surface area (Å²) in [5.41, 5.74) is 1.33. The van der Waals surface area contributed by atoms with Crippen molar-refractivity contribution < 1.29 is 0 Å². The number of nitrogens with zero attached hydrogens (tertiary/aromatic N) is 3. The topological polar surface area (TPSA) is 33.1 Å². The molecule has 0 radical (unpaired) electrons. The minimum absolute atomic E-state index is 0.694. The molecule has 1 aromatic heterocycles. The van der Waals surface area contributed by atoms with E-state index in [0.29, 0.717) is 6.04 Å². The molecule has 2 heterocycles. The van der Waals surface area contributed by atoms with E-state index in [2.05, 4.69) is 26.7 Å². The van der Waals surface area contributed by atoms with Gasteiger partial charge in [0.25, 0.3) is 0 Å². The third kappa shape index (κ3) is 3.37. The number of hydrogen-bond donors (Lipinski definition) is 1. The van der Waals surface area contributed by atoms with Crippen LogP contribution in [0.4, 0.5) is 0 Å². The lowest BCUT2D eigenvalue weighted by Crippen LogP contribution is -2.43. The van der Waals surface area contributed by atoms with Crippen LogP contribution in [0.1, 0.15) is 44.7 Å². The van der Waals surface area contributed by atoms with Crippen LogP contribution >= 0.6 is 0 Å². The lowest BCUT2D eigenvalue weighted by molar-refractivity contribution is 0.188. The Morgan fingerprint density at radius 3 is 2.74 bits per heavy atom. The van der Waals surface area contributed by atoms with Crippen molar-refractivity contribution >= 4 is 0 Å². The normalized spacial score (nSPS) is 21.9. The summed E-state index contributed by atoms with van der Waals surface area (Å²) in [7, 11) is 0. The molecule has 1 saturated carbocycles. The van der Waals surface area contributed by atoms with Crippen LogP contribution in [0.5, 0.6) is 0 Å². The number of piperidine rings is 1. The van der Waals surface area contributed by atoms with Crippen molar-refractivity contribution in [2.45, 2.75) is 64.2 Å². The Bertz CT molecular complexity index is 389. The zero-order chi connectivity index (χ0) is 13.1. The average molecular weight is 262 g/mol. The maximum absolute atomic E-state index is 4.26. The highest BCUT2D eigenvalue weighted by atomic mass is 15.2. The molecule has 4 nitrogen and oxygen atoms in total. The van der Waals surface area contributed by atoms with Gasteiger partial charge >= 0.3 is 0 Å².